The maximum atomic E-state index is 10.4. The number of ether oxygens (including phenoxy) is 2. The Morgan fingerprint density at radius 2 is 1.93 bits per heavy atom. The molecule has 1 saturated heterocycles. The Morgan fingerprint density at radius 3 is 2.70 bits per heavy atom. The summed E-state index contributed by atoms with van der Waals surface area (Å²) in [6.07, 6.45) is 5.29. The van der Waals surface area contributed by atoms with Gasteiger partial charge in [0.15, 0.2) is 0 Å². The second-order valence-corrected chi connectivity index (χ2v) is 8.47. The summed E-state index contributed by atoms with van der Waals surface area (Å²) in [5.74, 6) is 2.34. The van der Waals surface area contributed by atoms with Crippen molar-refractivity contribution in [2.75, 3.05) is 20.2 Å². The third-order valence-electron chi connectivity index (χ3n) is 6.48. The van der Waals surface area contributed by atoms with E-state index in [1.807, 2.05) is 0 Å². The van der Waals surface area contributed by atoms with Gasteiger partial charge < -0.3 is 13.9 Å². The lowest BCUT2D eigenvalue weighted by molar-refractivity contribution is -0.142. The molecule has 0 N–H and O–H groups in total. The van der Waals surface area contributed by atoms with Gasteiger partial charge in [-0.2, -0.15) is 0 Å². The number of likely N-dealkylation sites (tertiary alicyclic amines) is 1. The fourth-order valence-corrected chi connectivity index (χ4v) is 4.82. The Kier molecular flexibility index (Phi) is 5.21. The van der Waals surface area contributed by atoms with E-state index in [-0.39, 0.29) is 6.10 Å². The van der Waals surface area contributed by atoms with Crippen molar-refractivity contribution in [1.82, 2.24) is 4.90 Å². The molecule has 0 spiro atoms. The van der Waals surface area contributed by atoms with Crippen molar-refractivity contribution in [1.29, 1.82) is 0 Å². The normalized spacial score (nSPS) is 17.9. The van der Waals surface area contributed by atoms with Crippen LogP contribution in [0.25, 0.3) is 22.3 Å². The molecular formula is C25H27NO4. The van der Waals surface area contributed by atoms with Gasteiger partial charge in [0.1, 0.15) is 23.2 Å². The lowest BCUT2D eigenvalue weighted by Gasteiger charge is -2.37. The summed E-state index contributed by atoms with van der Waals surface area (Å²) in [7, 11) is 1.70. The molecule has 5 nitrogen and oxygen atoms in total. The van der Waals surface area contributed by atoms with E-state index in [2.05, 4.69) is 47.4 Å². The number of carbonyl (C=O) groups is 1. The van der Waals surface area contributed by atoms with Crippen molar-refractivity contribution in [3.8, 4) is 17.1 Å². The molecule has 156 valence electrons. The number of hydrogen-bond donors (Lipinski definition) is 0. The Bertz CT molecular complexity index is 1040. The molecule has 1 saturated carbocycles. The Balaban J connectivity index is 1.36. The van der Waals surface area contributed by atoms with Crippen LogP contribution >= 0.6 is 0 Å². The fourth-order valence-electron chi connectivity index (χ4n) is 4.82. The molecular weight excluding hydrogens is 378 g/mol. The van der Waals surface area contributed by atoms with E-state index in [1.54, 1.807) is 7.11 Å². The van der Waals surface area contributed by atoms with E-state index < -0.39 is 0 Å². The monoisotopic (exact) mass is 405 g/mol. The quantitative estimate of drug-likeness (QED) is 0.511. The minimum atomic E-state index is 0.0216. The van der Waals surface area contributed by atoms with Crippen molar-refractivity contribution in [3.63, 3.8) is 0 Å². The van der Waals surface area contributed by atoms with Gasteiger partial charge in [0.05, 0.1) is 12.7 Å². The van der Waals surface area contributed by atoms with Gasteiger partial charge in [-0.1, -0.05) is 25.0 Å². The van der Waals surface area contributed by atoms with Crippen molar-refractivity contribution in [2.24, 2.45) is 0 Å². The molecule has 0 radical (unpaired) electrons. The fraction of sp³-hybridized carbons (Fsp3) is 0.400. The molecule has 1 aliphatic heterocycles. The Labute approximate surface area is 176 Å². The molecule has 1 aromatic heterocycles. The molecule has 1 aliphatic carbocycles. The first-order chi connectivity index (χ1) is 14.7. The van der Waals surface area contributed by atoms with Crippen molar-refractivity contribution < 1.29 is 18.7 Å². The summed E-state index contributed by atoms with van der Waals surface area (Å²) in [6, 6.07) is 15.0. The van der Waals surface area contributed by atoms with Gasteiger partial charge in [-0.15, -0.1) is 0 Å². The molecule has 0 bridgehead atoms. The molecule has 0 amide bonds. The first-order valence-corrected chi connectivity index (χ1v) is 10.8. The minimum Gasteiger partial charge on any atom is -0.496 e. The van der Waals surface area contributed by atoms with Crippen LogP contribution in [-0.2, 0) is 16.1 Å². The Hall–Kier alpha value is -2.79. The van der Waals surface area contributed by atoms with E-state index in [0.717, 1.165) is 47.7 Å². The second kappa shape index (κ2) is 8.15. The van der Waals surface area contributed by atoms with Crippen LogP contribution in [-0.4, -0.2) is 37.7 Å². The molecule has 2 fully saturated rings. The maximum Gasteiger partial charge on any atom is 0.293 e. The summed E-state index contributed by atoms with van der Waals surface area (Å²) in [6.45, 7) is 2.88. The topological polar surface area (TPSA) is 51.9 Å². The number of hydrogen-bond acceptors (Lipinski definition) is 5. The summed E-state index contributed by atoms with van der Waals surface area (Å²) >= 11 is 0. The van der Waals surface area contributed by atoms with Crippen LogP contribution in [0.1, 0.15) is 42.7 Å². The van der Waals surface area contributed by atoms with Gasteiger partial charge in [0.2, 0.25) is 0 Å². The first-order valence-electron chi connectivity index (χ1n) is 10.8. The highest BCUT2D eigenvalue weighted by Gasteiger charge is 2.28. The summed E-state index contributed by atoms with van der Waals surface area (Å²) in [5, 5.41) is 1.15. The van der Waals surface area contributed by atoms with Crippen LogP contribution in [0.5, 0.6) is 5.75 Å². The molecule has 2 heterocycles. The number of rotatable bonds is 7. The molecule has 5 heteroatoms. The number of furan rings is 1. The predicted octanol–water partition coefficient (Wildman–Crippen LogP) is 5.12. The lowest BCUT2D eigenvalue weighted by atomic mass is 9.96. The van der Waals surface area contributed by atoms with Crippen molar-refractivity contribution in [2.45, 2.75) is 44.2 Å². The van der Waals surface area contributed by atoms with E-state index in [4.69, 9.17) is 13.9 Å². The zero-order chi connectivity index (χ0) is 20.5. The van der Waals surface area contributed by atoms with Gasteiger partial charge in [-0.05, 0) is 60.2 Å². The van der Waals surface area contributed by atoms with Crippen LogP contribution in [0.15, 0.2) is 46.9 Å². The number of nitrogens with zero attached hydrogens (tertiary/aromatic N) is 1. The molecule has 30 heavy (non-hydrogen) atoms. The highest BCUT2D eigenvalue weighted by Crippen LogP contribution is 2.38. The summed E-state index contributed by atoms with van der Waals surface area (Å²) < 4.78 is 16.8. The average molecular weight is 405 g/mol. The van der Waals surface area contributed by atoms with Gasteiger partial charge in [-0.3, -0.25) is 9.69 Å². The number of methoxy groups -OCH3 is 1. The third kappa shape index (κ3) is 3.70. The maximum absolute atomic E-state index is 10.4. The van der Waals surface area contributed by atoms with Crippen molar-refractivity contribution >= 4 is 17.4 Å². The van der Waals surface area contributed by atoms with E-state index >= 15 is 0 Å². The lowest BCUT2D eigenvalue weighted by Crippen LogP contribution is -2.51. The molecule has 5 rings (SSSR count). The van der Waals surface area contributed by atoms with Crippen LogP contribution in [0, 0.1) is 0 Å². The molecule has 3 aromatic rings. The average Bonchev–Trinajstić information content (AvgIpc) is 3.41. The molecule has 0 unspecified atom stereocenters. The summed E-state index contributed by atoms with van der Waals surface area (Å²) in [4.78, 5) is 12.7. The third-order valence-corrected chi connectivity index (χ3v) is 6.48. The number of benzene rings is 2. The van der Waals surface area contributed by atoms with Gasteiger partial charge in [-0.25, -0.2) is 0 Å². The highest BCUT2D eigenvalue weighted by atomic mass is 16.5. The van der Waals surface area contributed by atoms with Gasteiger partial charge in [0, 0.05) is 25.0 Å². The molecule has 2 aromatic carbocycles. The number of carbonyl (C=O) groups excluding carboxylic acids is 1. The molecule has 0 atom stereocenters. The standard InChI is InChI=1S/C25H27NO4/c1-28-24-10-17(13-26-14-21(15-26)29-16-27)6-8-22(24)25-12-20-11-19(7-9-23(20)30-25)18-4-2-3-5-18/h6-12,16,18,21H,2-5,13-15H2,1H3. The van der Waals surface area contributed by atoms with E-state index in [9.17, 15) is 4.79 Å². The van der Waals surface area contributed by atoms with E-state index in [0.29, 0.717) is 12.4 Å². The predicted molar refractivity (Wildman–Crippen MR) is 116 cm³/mol. The zero-order valence-corrected chi connectivity index (χ0v) is 17.3. The van der Waals surface area contributed by atoms with Crippen LogP contribution in [0.3, 0.4) is 0 Å². The summed E-state index contributed by atoms with van der Waals surface area (Å²) in [5.41, 5.74) is 4.48. The SMILES string of the molecule is COc1cc(CN2CC(OC=O)C2)ccc1-c1cc2cc(C3CCCC3)ccc2o1. The largest absolute Gasteiger partial charge is 0.496 e. The number of fused-ring (bicyclic) bond motifs is 1. The van der Waals surface area contributed by atoms with Gasteiger partial charge >= 0.3 is 0 Å². The zero-order valence-electron chi connectivity index (χ0n) is 17.3. The molecule has 2 aliphatic rings. The van der Waals surface area contributed by atoms with Crippen molar-refractivity contribution in [3.05, 3.63) is 53.6 Å². The first kappa shape index (κ1) is 19.2. The van der Waals surface area contributed by atoms with Crippen LogP contribution in [0.2, 0.25) is 0 Å². The second-order valence-electron chi connectivity index (χ2n) is 8.47. The van der Waals surface area contributed by atoms with Crippen LogP contribution < -0.4 is 4.74 Å². The highest BCUT2D eigenvalue weighted by molar-refractivity contribution is 5.84. The van der Waals surface area contributed by atoms with Crippen LogP contribution in [0.4, 0.5) is 0 Å². The smallest absolute Gasteiger partial charge is 0.293 e. The minimum absolute atomic E-state index is 0.0216. The Morgan fingerprint density at radius 1 is 1.10 bits per heavy atom. The van der Waals surface area contributed by atoms with E-state index in [1.165, 1.54) is 36.8 Å². The van der Waals surface area contributed by atoms with Gasteiger partial charge in [0.25, 0.3) is 6.47 Å².